The molecule has 167 valence electrons. The van der Waals surface area contributed by atoms with Crippen LogP contribution in [0.25, 0.3) is 0 Å². The van der Waals surface area contributed by atoms with Crippen molar-refractivity contribution in [2.45, 2.75) is 108 Å². The Bertz CT molecular complexity index is 665. The van der Waals surface area contributed by atoms with Gasteiger partial charge in [0, 0.05) is 25.2 Å². The van der Waals surface area contributed by atoms with E-state index in [1.165, 1.54) is 95.6 Å². The van der Waals surface area contributed by atoms with E-state index < -0.39 is 0 Å². The summed E-state index contributed by atoms with van der Waals surface area (Å²) in [5, 5.41) is 12.4. The van der Waals surface area contributed by atoms with E-state index >= 15 is 0 Å². The lowest BCUT2D eigenvalue weighted by molar-refractivity contribution is 0.387. The Kier molecular flexibility index (Phi) is 8.61. The fourth-order valence-electron chi connectivity index (χ4n) is 5.84. The van der Waals surface area contributed by atoms with Gasteiger partial charge in [-0.25, -0.2) is 0 Å². The van der Waals surface area contributed by atoms with Crippen molar-refractivity contribution in [1.29, 1.82) is 0 Å². The summed E-state index contributed by atoms with van der Waals surface area (Å²) in [6, 6.07) is 2.25. The Hall–Kier alpha value is -1.19. The first-order chi connectivity index (χ1) is 15.2. The zero-order chi connectivity index (χ0) is 21.4. The maximum absolute atomic E-state index is 6.83. The minimum Gasteiger partial charge on any atom is -0.366 e. The van der Waals surface area contributed by atoms with Crippen LogP contribution in [0, 0.1) is 5.92 Å². The molecule has 2 aliphatic carbocycles. The Morgan fingerprint density at radius 1 is 0.903 bits per heavy atom. The van der Waals surface area contributed by atoms with Gasteiger partial charge in [0.1, 0.15) is 0 Å². The molecule has 0 bridgehead atoms. The first-order valence-electron chi connectivity index (χ1n) is 13.2. The molecule has 4 nitrogen and oxygen atoms in total. The van der Waals surface area contributed by atoms with Gasteiger partial charge in [0.05, 0.1) is 13.5 Å². The van der Waals surface area contributed by atoms with Crippen LogP contribution in [-0.4, -0.2) is 45.0 Å². The summed E-state index contributed by atoms with van der Waals surface area (Å²) >= 11 is 0. The van der Waals surface area contributed by atoms with Crippen molar-refractivity contribution in [1.82, 2.24) is 10.2 Å². The molecule has 31 heavy (non-hydrogen) atoms. The van der Waals surface area contributed by atoms with E-state index in [0.29, 0.717) is 0 Å². The molecule has 0 amide bonds. The second-order valence-corrected chi connectivity index (χ2v) is 10.4. The molecule has 3 aliphatic rings. The molecule has 2 saturated carbocycles. The van der Waals surface area contributed by atoms with Crippen molar-refractivity contribution in [2.24, 2.45) is 5.92 Å². The average Bonchev–Trinajstić information content (AvgIpc) is 2.76. The third-order valence-electron chi connectivity index (χ3n) is 7.73. The highest BCUT2D eigenvalue weighted by atomic mass is 15.3. The summed E-state index contributed by atoms with van der Waals surface area (Å²) in [6.07, 6.45) is 21.2. The van der Waals surface area contributed by atoms with Crippen molar-refractivity contribution < 1.29 is 0 Å². The number of anilines is 2. The fourth-order valence-corrected chi connectivity index (χ4v) is 5.84. The molecule has 2 heterocycles. The van der Waals surface area contributed by atoms with E-state index in [2.05, 4.69) is 33.8 Å². The molecular formula is C25H41B2N4. The molecule has 0 saturated heterocycles. The number of nitrogens with zero attached hydrogens (tertiary/aromatic N) is 3. The maximum atomic E-state index is 6.83. The summed E-state index contributed by atoms with van der Waals surface area (Å²) in [6.45, 7) is 3.17. The molecule has 0 aromatic carbocycles. The topological polar surface area (TPSA) is 41.1 Å². The Morgan fingerprint density at radius 2 is 1.52 bits per heavy atom. The minimum absolute atomic E-state index is 0.230. The minimum atomic E-state index is -0.230. The van der Waals surface area contributed by atoms with Gasteiger partial charge in [-0.1, -0.05) is 95.1 Å². The smallest absolute Gasteiger partial charge is 0.178 e. The third-order valence-corrected chi connectivity index (χ3v) is 7.73. The number of fused-ring (bicyclic) bond motifs is 1. The van der Waals surface area contributed by atoms with Crippen LogP contribution in [0.4, 0.5) is 11.5 Å². The van der Waals surface area contributed by atoms with Crippen LogP contribution < -0.4 is 15.8 Å². The molecule has 0 spiro atoms. The Labute approximate surface area is 192 Å². The van der Waals surface area contributed by atoms with Gasteiger partial charge in [-0.05, 0) is 24.8 Å². The number of hydrogen-bond acceptors (Lipinski definition) is 4. The van der Waals surface area contributed by atoms with Crippen LogP contribution in [-0.2, 0) is 0 Å². The second kappa shape index (κ2) is 11.6. The largest absolute Gasteiger partial charge is 0.366 e. The zero-order valence-electron chi connectivity index (χ0n) is 19.6. The standard InChI is InChI=1S/C25H41B2N4/c26-25(15-11-7-4-8-12-16-25)27-23-19-22-24(30-29-23)28-17-18-31(22)20-21-13-9-5-2-1-3-6-10-14-21/h19,21H,1-18,20H2,(H,28,30). The highest BCUT2D eigenvalue weighted by Gasteiger charge is 2.29. The van der Waals surface area contributed by atoms with E-state index in [1.54, 1.807) is 0 Å². The lowest BCUT2D eigenvalue weighted by Gasteiger charge is -2.35. The predicted molar refractivity (Wildman–Crippen MR) is 134 cm³/mol. The SMILES string of the molecule is [B]C1([B]c2cc3c(nn2)NCCN3CC2CCCCCCCCC2)CCCCCCC1. The van der Waals surface area contributed by atoms with Crippen molar-refractivity contribution in [2.75, 3.05) is 29.9 Å². The quantitative estimate of drug-likeness (QED) is 0.681. The molecule has 1 aliphatic heterocycles. The summed E-state index contributed by atoms with van der Waals surface area (Å²) in [5.74, 6) is 1.75. The number of rotatable bonds is 4. The molecule has 1 aromatic rings. The van der Waals surface area contributed by atoms with Gasteiger partial charge in [-0.3, -0.25) is 0 Å². The third kappa shape index (κ3) is 6.89. The summed E-state index contributed by atoms with van der Waals surface area (Å²) in [4.78, 5) is 2.58. The van der Waals surface area contributed by atoms with Crippen LogP contribution >= 0.6 is 0 Å². The zero-order valence-corrected chi connectivity index (χ0v) is 19.6. The van der Waals surface area contributed by atoms with E-state index in [0.717, 1.165) is 49.8 Å². The van der Waals surface area contributed by atoms with Gasteiger partial charge in [0.25, 0.3) is 0 Å². The summed E-state index contributed by atoms with van der Waals surface area (Å²) < 4.78 is 0. The summed E-state index contributed by atoms with van der Waals surface area (Å²) in [5.41, 5.74) is 2.19. The maximum Gasteiger partial charge on any atom is 0.178 e. The highest BCUT2D eigenvalue weighted by Crippen LogP contribution is 2.37. The van der Waals surface area contributed by atoms with E-state index in [-0.39, 0.29) is 5.21 Å². The molecule has 3 radical (unpaired) electrons. The predicted octanol–water partition coefficient (Wildman–Crippen LogP) is 5.21. The normalized spacial score (nSPS) is 23.7. The van der Waals surface area contributed by atoms with Crippen molar-refractivity contribution in [3.63, 3.8) is 0 Å². The molecular weight excluding hydrogens is 378 g/mol. The van der Waals surface area contributed by atoms with E-state index in [1.807, 2.05) is 0 Å². The van der Waals surface area contributed by atoms with Crippen molar-refractivity contribution >= 4 is 32.2 Å². The van der Waals surface area contributed by atoms with E-state index in [9.17, 15) is 0 Å². The molecule has 1 aromatic heterocycles. The average molecular weight is 419 g/mol. The van der Waals surface area contributed by atoms with Crippen molar-refractivity contribution in [3.8, 4) is 0 Å². The lowest BCUT2D eigenvalue weighted by Crippen LogP contribution is -2.40. The lowest BCUT2D eigenvalue weighted by atomic mass is 9.38. The molecule has 1 N–H and O–H groups in total. The van der Waals surface area contributed by atoms with Crippen LogP contribution in [0.3, 0.4) is 0 Å². The van der Waals surface area contributed by atoms with Gasteiger partial charge in [0.2, 0.25) is 0 Å². The number of hydrogen-bond donors (Lipinski definition) is 1. The molecule has 2 fully saturated rings. The first kappa shape index (κ1) is 23.0. The number of nitrogens with one attached hydrogen (secondary N) is 1. The van der Waals surface area contributed by atoms with Gasteiger partial charge in [-0.15, -0.1) is 5.10 Å². The van der Waals surface area contributed by atoms with Crippen LogP contribution in [0.15, 0.2) is 6.07 Å². The first-order valence-corrected chi connectivity index (χ1v) is 13.2. The van der Waals surface area contributed by atoms with Gasteiger partial charge >= 0.3 is 0 Å². The fraction of sp³-hybridized carbons (Fsp3) is 0.840. The van der Waals surface area contributed by atoms with E-state index in [4.69, 9.17) is 7.85 Å². The monoisotopic (exact) mass is 419 g/mol. The van der Waals surface area contributed by atoms with Crippen molar-refractivity contribution in [3.05, 3.63) is 6.07 Å². The molecule has 0 unspecified atom stereocenters. The molecule has 4 rings (SSSR count). The van der Waals surface area contributed by atoms with Crippen LogP contribution in [0.2, 0.25) is 5.21 Å². The van der Waals surface area contributed by atoms with Gasteiger partial charge < -0.3 is 10.2 Å². The number of aromatic nitrogens is 2. The molecule has 0 atom stereocenters. The van der Waals surface area contributed by atoms with Crippen LogP contribution in [0.5, 0.6) is 0 Å². The Balaban J connectivity index is 1.44. The van der Waals surface area contributed by atoms with Gasteiger partial charge in [0.15, 0.2) is 13.1 Å². The highest BCUT2D eigenvalue weighted by molar-refractivity contribution is 6.64. The Morgan fingerprint density at radius 3 is 2.19 bits per heavy atom. The van der Waals surface area contributed by atoms with Crippen LogP contribution in [0.1, 0.15) is 103 Å². The van der Waals surface area contributed by atoms with Gasteiger partial charge in [-0.2, -0.15) is 5.10 Å². The second-order valence-electron chi connectivity index (χ2n) is 10.4. The molecule has 6 heteroatoms. The summed E-state index contributed by atoms with van der Waals surface area (Å²) in [7, 11) is 9.05.